The van der Waals surface area contributed by atoms with E-state index in [-0.39, 0.29) is 12.1 Å². The second kappa shape index (κ2) is 23.3. The number of hydrogen-bond acceptors (Lipinski definition) is 6. The fourth-order valence-electron chi connectivity index (χ4n) is 3.45. The van der Waals surface area contributed by atoms with Crippen LogP contribution in [0.2, 0.25) is 0 Å². The van der Waals surface area contributed by atoms with Gasteiger partial charge >= 0.3 is 5.97 Å². The van der Waals surface area contributed by atoms with E-state index in [1.54, 1.807) is 0 Å². The number of thiol groups is 1. The Morgan fingerprint density at radius 3 is 1.95 bits per heavy atom. The number of hydrogen-bond donors (Lipinski definition) is 2. The molecule has 0 unspecified atom stereocenters. The Kier molecular flexibility index (Phi) is 21.4. The number of aldehydes is 1. The highest BCUT2D eigenvalue weighted by Gasteiger charge is 2.08. The Balaban J connectivity index is 0.000000591. The van der Waals surface area contributed by atoms with Gasteiger partial charge in [0.2, 0.25) is 0 Å². The second-order valence-electron chi connectivity index (χ2n) is 9.27. The number of carbonyl (C=O) groups excluding carboxylic acids is 1. The first-order valence-electron chi connectivity index (χ1n) is 14.5. The van der Waals surface area contributed by atoms with Crippen LogP contribution in [0.5, 0.6) is 0 Å². The van der Waals surface area contributed by atoms with Crippen LogP contribution in [0.25, 0.3) is 11.3 Å². The lowest BCUT2D eigenvalue weighted by molar-refractivity contribution is -0.137. The van der Waals surface area contributed by atoms with Crippen LogP contribution >= 0.6 is 12.6 Å². The molecule has 1 N–H and O–H groups in total. The molecule has 0 aliphatic carbocycles. The van der Waals surface area contributed by atoms with Crippen molar-refractivity contribution in [2.75, 3.05) is 18.5 Å². The molecule has 0 fully saturated rings. The maximum atomic E-state index is 11.9. The maximum absolute atomic E-state index is 11.9. The molecular formula is C33H49N3O4S. The van der Waals surface area contributed by atoms with Crippen molar-refractivity contribution in [1.82, 2.24) is 9.55 Å². The Morgan fingerprint density at radius 1 is 0.951 bits per heavy atom. The zero-order valence-electron chi connectivity index (χ0n) is 25.7. The lowest BCUT2D eigenvalue weighted by Gasteiger charge is -2.16. The summed E-state index contributed by atoms with van der Waals surface area (Å²) < 4.78 is 1.40. The molecule has 0 radical (unpaired) electrons. The summed E-state index contributed by atoms with van der Waals surface area (Å²) in [7, 11) is 2.08. The lowest BCUT2D eigenvalue weighted by Crippen LogP contribution is -2.25. The first-order chi connectivity index (χ1) is 19.7. The van der Waals surface area contributed by atoms with E-state index in [1.807, 2.05) is 56.3 Å². The van der Waals surface area contributed by atoms with Gasteiger partial charge in [-0.25, -0.2) is 4.98 Å². The van der Waals surface area contributed by atoms with Gasteiger partial charge in [-0.2, -0.15) is 0 Å². The predicted molar refractivity (Wildman–Crippen MR) is 174 cm³/mol. The van der Waals surface area contributed by atoms with E-state index in [2.05, 4.69) is 62.5 Å². The van der Waals surface area contributed by atoms with Crippen molar-refractivity contribution in [3.8, 4) is 11.3 Å². The van der Waals surface area contributed by atoms with Crippen molar-refractivity contribution < 1.29 is 14.7 Å². The second-order valence-corrected chi connectivity index (χ2v) is 9.79. The molecule has 41 heavy (non-hydrogen) atoms. The highest BCUT2D eigenvalue weighted by Crippen LogP contribution is 2.16. The molecule has 0 aliphatic heterocycles. The van der Waals surface area contributed by atoms with E-state index in [1.165, 1.54) is 42.0 Å². The fourth-order valence-corrected chi connectivity index (χ4v) is 3.60. The third-order valence-corrected chi connectivity index (χ3v) is 6.21. The van der Waals surface area contributed by atoms with Crippen molar-refractivity contribution in [2.24, 2.45) is 0 Å². The van der Waals surface area contributed by atoms with Crippen LogP contribution in [-0.2, 0) is 22.6 Å². The zero-order valence-corrected chi connectivity index (χ0v) is 26.6. The number of nitrogens with zero attached hydrogens (tertiary/aromatic N) is 3. The average molecular weight is 584 g/mol. The molecule has 3 rings (SSSR count). The van der Waals surface area contributed by atoms with E-state index >= 15 is 0 Å². The number of aliphatic carboxylic acids is 1. The number of aromatic nitrogens is 2. The SMILES string of the molecule is CCCC(=O)O.CCCCCC.CCN(C)c1ccc(S)cc1.CCc1nc(-c2ccccc2)cc(=O)n1CC=O. The summed E-state index contributed by atoms with van der Waals surface area (Å²) in [4.78, 5) is 39.8. The van der Waals surface area contributed by atoms with Crippen molar-refractivity contribution in [1.29, 1.82) is 0 Å². The molecule has 8 heteroatoms. The molecule has 0 atom stereocenters. The lowest BCUT2D eigenvalue weighted by atomic mass is 10.1. The van der Waals surface area contributed by atoms with Gasteiger partial charge in [-0.15, -0.1) is 12.6 Å². The van der Waals surface area contributed by atoms with E-state index in [4.69, 9.17) is 5.11 Å². The number of carbonyl (C=O) groups is 2. The van der Waals surface area contributed by atoms with Gasteiger partial charge in [-0.1, -0.05) is 83.7 Å². The summed E-state index contributed by atoms with van der Waals surface area (Å²) in [6, 6.07) is 19.2. The van der Waals surface area contributed by atoms with Crippen LogP contribution in [-0.4, -0.2) is 40.5 Å². The monoisotopic (exact) mass is 583 g/mol. The molecule has 1 heterocycles. The summed E-state index contributed by atoms with van der Waals surface area (Å²) in [5.74, 6) is -0.0778. The molecule has 0 aliphatic rings. The van der Waals surface area contributed by atoms with E-state index in [0.29, 0.717) is 30.6 Å². The summed E-state index contributed by atoms with van der Waals surface area (Å²) in [5.41, 5.74) is 2.61. The van der Waals surface area contributed by atoms with Gasteiger partial charge in [0, 0.05) is 48.6 Å². The normalized spacial score (nSPS) is 9.63. The Bertz CT molecular complexity index is 1160. The number of carboxylic acid groups (broad SMARTS) is 1. The minimum Gasteiger partial charge on any atom is -0.481 e. The van der Waals surface area contributed by atoms with Crippen molar-refractivity contribution in [3.63, 3.8) is 0 Å². The standard InChI is InChI=1S/C14H14N2O2.C9H13NS.C6H14.C4H8O2/c1-2-13-15-12(11-6-4-3-5-7-11)10-14(18)16(13)8-9-17;1-3-10(2)8-4-6-9(11)7-5-8;1-3-5-6-4-2;1-2-3-4(5)6/h3-7,9-10H,2,8H2,1H3;4-7,11H,3H2,1-2H3;3-6H2,1-2H3;2-3H2,1H3,(H,5,6). The smallest absolute Gasteiger partial charge is 0.303 e. The highest BCUT2D eigenvalue weighted by atomic mass is 32.1. The van der Waals surface area contributed by atoms with Gasteiger partial charge in [0.1, 0.15) is 12.1 Å². The molecule has 226 valence electrons. The van der Waals surface area contributed by atoms with Gasteiger partial charge in [-0.3, -0.25) is 14.2 Å². The first-order valence-corrected chi connectivity index (χ1v) is 14.9. The Morgan fingerprint density at radius 2 is 1.54 bits per heavy atom. The van der Waals surface area contributed by atoms with Gasteiger partial charge in [0.05, 0.1) is 12.2 Å². The van der Waals surface area contributed by atoms with Gasteiger partial charge in [-0.05, 0) is 37.6 Å². The quantitative estimate of drug-likeness (QED) is 0.137. The van der Waals surface area contributed by atoms with Crippen molar-refractivity contribution in [3.05, 3.63) is 76.8 Å². The minimum absolute atomic E-state index is 0.0596. The number of aryl methyl sites for hydroxylation is 1. The first kappa shape index (κ1) is 37.6. The Labute approximate surface area is 252 Å². The summed E-state index contributed by atoms with van der Waals surface area (Å²) in [5, 5.41) is 7.91. The third-order valence-electron chi connectivity index (χ3n) is 5.92. The topological polar surface area (TPSA) is 92.5 Å². The predicted octanol–water partition coefficient (Wildman–Crippen LogP) is 7.56. The summed E-state index contributed by atoms with van der Waals surface area (Å²) >= 11 is 4.21. The van der Waals surface area contributed by atoms with Crippen LogP contribution in [0.4, 0.5) is 5.69 Å². The Hall–Kier alpha value is -3.39. The molecule has 0 bridgehead atoms. The molecule has 0 amide bonds. The maximum Gasteiger partial charge on any atom is 0.303 e. The van der Waals surface area contributed by atoms with Crippen molar-refractivity contribution in [2.45, 2.75) is 91.0 Å². The molecule has 7 nitrogen and oxygen atoms in total. The summed E-state index contributed by atoms with van der Waals surface area (Å²) in [6.45, 7) is 11.4. The zero-order chi connectivity index (χ0) is 31.0. The molecule has 2 aromatic carbocycles. The van der Waals surface area contributed by atoms with Gasteiger partial charge < -0.3 is 14.8 Å². The van der Waals surface area contributed by atoms with Gasteiger partial charge in [0.25, 0.3) is 5.56 Å². The van der Waals surface area contributed by atoms with E-state index < -0.39 is 5.97 Å². The number of anilines is 1. The van der Waals surface area contributed by atoms with Crippen LogP contribution in [0.1, 0.15) is 79.0 Å². The number of benzene rings is 2. The number of unbranched alkanes of at least 4 members (excludes halogenated alkanes) is 3. The van der Waals surface area contributed by atoms with Crippen LogP contribution in [0, 0.1) is 0 Å². The van der Waals surface area contributed by atoms with Gasteiger partial charge in [0.15, 0.2) is 0 Å². The van der Waals surface area contributed by atoms with E-state index in [9.17, 15) is 14.4 Å². The molecule has 3 aromatic rings. The van der Waals surface area contributed by atoms with Crippen molar-refractivity contribution >= 4 is 30.6 Å². The van der Waals surface area contributed by atoms with Crippen LogP contribution in [0.3, 0.4) is 0 Å². The largest absolute Gasteiger partial charge is 0.481 e. The average Bonchev–Trinajstić information content (AvgIpc) is 2.98. The molecule has 0 spiro atoms. The minimum atomic E-state index is -0.711. The van der Waals surface area contributed by atoms with Crippen LogP contribution < -0.4 is 10.5 Å². The molecular weight excluding hydrogens is 534 g/mol. The number of carboxylic acids is 1. The molecule has 0 saturated carbocycles. The third kappa shape index (κ3) is 16.5. The van der Waals surface area contributed by atoms with E-state index in [0.717, 1.165) is 23.4 Å². The fraction of sp³-hybridized carbons (Fsp3) is 0.455. The number of rotatable bonds is 11. The molecule has 1 aromatic heterocycles. The molecule has 0 saturated heterocycles. The highest BCUT2D eigenvalue weighted by molar-refractivity contribution is 7.80. The summed E-state index contributed by atoms with van der Waals surface area (Å²) in [6.07, 6.45) is 7.89. The van der Waals surface area contributed by atoms with Crippen LogP contribution in [0.15, 0.2) is 70.4 Å².